The molecule has 0 bridgehead atoms. The third-order valence-corrected chi connectivity index (χ3v) is 2.52. The second-order valence-electron chi connectivity index (χ2n) is 4.50. The van der Waals surface area contributed by atoms with Crippen LogP contribution < -0.4 is 5.32 Å². The lowest BCUT2D eigenvalue weighted by Gasteiger charge is -2.21. The molecule has 9 heteroatoms. The van der Waals surface area contributed by atoms with Gasteiger partial charge in [0.15, 0.2) is 0 Å². The van der Waals surface area contributed by atoms with Gasteiger partial charge in [0.2, 0.25) is 0 Å². The molecule has 0 saturated carbocycles. The minimum Gasteiger partial charge on any atom is -0.393 e. The fourth-order valence-electron chi connectivity index (χ4n) is 1.35. The second kappa shape index (κ2) is 5.63. The summed E-state index contributed by atoms with van der Waals surface area (Å²) in [6.07, 6.45) is -4.68. The third kappa shape index (κ3) is 4.07. The maximum atomic E-state index is 12.5. The van der Waals surface area contributed by atoms with Crippen molar-refractivity contribution in [2.45, 2.75) is 18.7 Å². The lowest BCUT2D eigenvalue weighted by atomic mass is 10.1. The number of halogens is 3. The normalized spacial score (nSPS) is 14.7. The first-order valence-corrected chi connectivity index (χ1v) is 5.49. The SMILES string of the molecule is CC(O)(CO)CNc1ccc(C(F)(F)F)cc1[N+](=O)[O-]. The smallest absolute Gasteiger partial charge is 0.393 e. The van der Waals surface area contributed by atoms with Gasteiger partial charge in [0.25, 0.3) is 5.69 Å². The summed E-state index contributed by atoms with van der Waals surface area (Å²) in [5, 5.41) is 31.6. The van der Waals surface area contributed by atoms with Crippen LogP contribution >= 0.6 is 0 Å². The van der Waals surface area contributed by atoms with Gasteiger partial charge in [-0.05, 0) is 19.1 Å². The quantitative estimate of drug-likeness (QED) is 0.568. The number of rotatable bonds is 5. The molecule has 3 N–H and O–H groups in total. The van der Waals surface area contributed by atoms with Crippen molar-refractivity contribution in [3.63, 3.8) is 0 Å². The highest BCUT2D eigenvalue weighted by Crippen LogP contribution is 2.35. The molecule has 0 saturated heterocycles. The number of nitro benzene ring substituents is 1. The van der Waals surface area contributed by atoms with Gasteiger partial charge in [-0.2, -0.15) is 13.2 Å². The molecule has 112 valence electrons. The largest absolute Gasteiger partial charge is 0.416 e. The highest BCUT2D eigenvalue weighted by molar-refractivity contribution is 5.63. The van der Waals surface area contributed by atoms with Gasteiger partial charge in [-0.15, -0.1) is 0 Å². The molecule has 0 heterocycles. The first-order valence-electron chi connectivity index (χ1n) is 5.49. The summed E-state index contributed by atoms with van der Waals surface area (Å²) >= 11 is 0. The number of nitrogens with zero attached hydrogens (tertiary/aromatic N) is 1. The van der Waals surface area contributed by atoms with E-state index in [-0.39, 0.29) is 12.2 Å². The predicted octanol–water partition coefficient (Wildman–Crippen LogP) is 1.77. The van der Waals surface area contributed by atoms with E-state index in [9.17, 15) is 28.4 Å². The highest BCUT2D eigenvalue weighted by Gasteiger charge is 2.33. The van der Waals surface area contributed by atoms with Crippen LogP contribution in [-0.4, -0.2) is 33.9 Å². The predicted molar refractivity (Wildman–Crippen MR) is 64.3 cm³/mol. The van der Waals surface area contributed by atoms with Crippen molar-refractivity contribution in [2.75, 3.05) is 18.5 Å². The van der Waals surface area contributed by atoms with Crippen molar-refractivity contribution in [3.8, 4) is 0 Å². The van der Waals surface area contributed by atoms with E-state index in [0.717, 1.165) is 6.07 Å². The Kier molecular flexibility index (Phi) is 4.56. The third-order valence-electron chi connectivity index (χ3n) is 2.52. The fourth-order valence-corrected chi connectivity index (χ4v) is 1.35. The van der Waals surface area contributed by atoms with Crippen molar-refractivity contribution in [1.29, 1.82) is 0 Å². The Bertz CT molecular complexity index is 503. The molecule has 0 radical (unpaired) electrons. The molecule has 1 atom stereocenters. The lowest BCUT2D eigenvalue weighted by molar-refractivity contribution is -0.384. The standard InChI is InChI=1S/C11H13F3N2O4/c1-10(18,6-17)5-15-8-3-2-7(11(12,13)14)4-9(8)16(19)20/h2-4,15,17-18H,5-6H2,1H3. The number of nitrogens with one attached hydrogen (secondary N) is 1. The van der Waals surface area contributed by atoms with Gasteiger partial charge in [-0.3, -0.25) is 10.1 Å². The molecular formula is C11H13F3N2O4. The molecule has 0 amide bonds. The van der Waals surface area contributed by atoms with Crippen LogP contribution in [0.5, 0.6) is 0 Å². The maximum Gasteiger partial charge on any atom is 0.416 e. The fraction of sp³-hybridized carbons (Fsp3) is 0.455. The molecule has 0 spiro atoms. The zero-order valence-electron chi connectivity index (χ0n) is 10.4. The Morgan fingerprint density at radius 2 is 2.00 bits per heavy atom. The van der Waals surface area contributed by atoms with Gasteiger partial charge in [0, 0.05) is 12.6 Å². The number of alkyl halides is 3. The van der Waals surface area contributed by atoms with Crippen molar-refractivity contribution in [3.05, 3.63) is 33.9 Å². The van der Waals surface area contributed by atoms with E-state index in [0.29, 0.717) is 12.1 Å². The number of benzene rings is 1. The summed E-state index contributed by atoms with van der Waals surface area (Å²) in [7, 11) is 0. The van der Waals surface area contributed by atoms with Crippen molar-refractivity contribution in [2.24, 2.45) is 0 Å². The van der Waals surface area contributed by atoms with Crippen molar-refractivity contribution in [1.82, 2.24) is 0 Å². The average molecular weight is 294 g/mol. The Hall–Kier alpha value is -1.87. The van der Waals surface area contributed by atoms with Crippen LogP contribution in [0.1, 0.15) is 12.5 Å². The Morgan fingerprint density at radius 1 is 1.40 bits per heavy atom. The minimum atomic E-state index is -4.68. The molecule has 1 unspecified atom stereocenters. The van der Waals surface area contributed by atoms with Crippen LogP contribution in [-0.2, 0) is 6.18 Å². The van der Waals surface area contributed by atoms with Crippen molar-refractivity contribution >= 4 is 11.4 Å². The van der Waals surface area contributed by atoms with E-state index < -0.39 is 34.6 Å². The Morgan fingerprint density at radius 3 is 2.45 bits per heavy atom. The first kappa shape index (κ1) is 16.2. The van der Waals surface area contributed by atoms with Gasteiger partial charge in [-0.1, -0.05) is 0 Å². The number of nitro groups is 1. The number of hydrogen-bond acceptors (Lipinski definition) is 5. The lowest BCUT2D eigenvalue weighted by Crippen LogP contribution is -2.37. The summed E-state index contributed by atoms with van der Waals surface area (Å²) in [5.74, 6) is 0. The number of aliphatic hydroxyl groups is 2. The molecule has 0 aliphatic heterocycles. The highest BCUT2D eigenvalue weighted by atomic mass is 19.4. The van der Waals surface area contributed by atoms with Crippen LogP contribution in [0.2, 0.25) is 0 Å². The summed E-state index contributed by atoms with van der Waals surface area (Å²) in [5.41, 5.74) is -3.61. The van der Waals surface area contributed by atoms with E-state index in [2.05, 4.69) is 5.32 Å². The Balaban J connectivity index is 3.06. The molecule has 0 aliphatic rings. The molecule has 20 heavy (non-hydrogen) atoms. The van der Waals surface area contributed by atoms with Crippen molar-refractivity contribution < 1.29 is 28.3 Å². The van der Waals surface area contributed by atoms with Gasteiger partial charge in [0.1, 0.15) is 11.3 Å². The summed E-state index contributed by atoms with van der Waals surface area (Å²) in [6, 6.07) is 2.02. The molecule has 1 aromatic carbocycles. The maximum absolute atomic E-state index is 12.5. The zero-order valence-corrected chi connectivity index (χ0v) is 10.4. The van der Waals surface area contributed by atoms with E-state index in [4.69, 9.17) is 5.11 Å². The Labute approximate surface area is 112 Å². The summed E-state index contributed by atoms with van der Waals surface area (Å²) in [6.45, 7) is 0.417. The molecule has 0 aliphatic carbocycles. The zero-order chi connectivity index (χ0) is 15.6. The average Bonchev–Trinajstić information content (AvgIpc) is 2.35. The van der Waals surface area contributed by atoms with Crippen LogP contribution in [0.15, 0.2) is 18.2 Å². The molecule has 6 nitrogen and oxygen atoms in total. The van der Waals surface area contributed by atoms with E-state index >= 15 is 0 Å². The topological polar surface area (TPSA) is 95.6 Å². The van der Waals surface area contributed by atoms with Gasteiger partial charge >= 0.3 is 6.18 Å². The first-order chi connectivity index (χ1) is 9.07. The van der Waals surface area contributed by atoms with Gasteiger partial charge < -0.3 is 15.5 Å². The van der Waals surface area contributed by atoms with Gasteiger partial charge in [-0.25, -0.2) is 0 Å². The molecule has 0 fully saturated rings. The summed E-state index contributed by atoms with van der Waals surface area (Å²) in [4.78, 5) is 9.83. The molecular weight excluding hydrogens is 281 g/mol. The number of aliphatic hydroxyl groups excluding tert-OH is 1. The van der Waals surface area contributed by atoms with E-state index in [1.165, 1.54) is 6.92 Å². The number of hydrogen-bond donors (Lipinski definition) is 3. The second-order valence-corrected chi connectivity index (χ2v) is 4.50. The molecule has 0 aromatic heterocycles. The monoisotopic (exact) mass is 294 g/mol. The van der Waals surface area contributed by atoms with Crippen LogP contribution in [0.25, 0.3) is 0 Å². The summed E-state index contributed by atoms with van der Waals surface area (Å²) < 4.78 is 37.4. The van der Waals surface area contributed by atoms with Crippen LogP contribution in [0, 0.1) is 10.1 Å². The van der Waals surface area contributed by atoms with Crippen LogP contribution in [0.4, 0.5) is 24.5 Å². The van der Waals surface area contributed by atoms with Crippen LogP contribution in [0.3, 0.4) is 0 Å². The molecule has 1 rings (SSSR count). The van der Waals surface area contributed by atoms with E-state index in [1.54, 1.807) is 0 Å². The minimum absolute atomic E-state index is 0.170. The van der Waals surface area contributed by atoms with E-state index in [1.807, 2.05) is 0 Å². The number of anilines is 1. The van der Waals surface area contributed by atoms with Gasteiger partial charge in [0.05, 0.1) is 17.1 Å². The molecule has 1 aromatic rings.